The van der Waals surface area contributed by atoms with Gasteiger partial charge in [-0.1, -0.05) is 91.0 Å². The van der Waals surface area contributed by atoms with Crippen LogP contribution in [0.1, 0.15) is 0 Å². The van der Waals surface area contributed by atoms with E-state index in [4.69, 9.17) is 0 Å². The Morgan fingerprint density at radius 1 is 0.386 bits per heavy atom. The van der Waals surface area contributed by atoms with Crippen molar-refractivity contribution in [3.8, 4) is 33.6 Å². The van der Waals surface area contributed by atoms with E-state index in [0.717, 1.165) is 16.8 Å². The topological polar surface area (TPSA) is 22.8 Å². The highest BCUT2D eigenvalue weighted by Crippen LogP contribution is 2.41. The Morgan fingerprint density at radius 2 is 1.02 bits per heavy atom. The van der Waals surface area contributed by atoms with Crippen LogP contribution in [0.4, 0.5) is 0 Å². The number of benzene rings is 6. The summed E-state index contributed by atoms with van der Waals surface area (Å²) in [5.74, 6) is 0. The van der Waals surface area contributed by atoms with Crippen molar-refractivity contribution in [2.45, 2.75) is 0 Å². The lowest BCUT2D eigenvalue weighted by Gasteiger charge is -2.10. The Bertz CT molecular complexity index is 2470. The van der Waals surface area contributed by atoms with E-state index in [1.165, 1.54) is 60.4 Å². The van der Waals surface area contributed by atoms with Gasteiger partial charge in [0.05, 0.1) is 22.1 Å². The fraction of sp³-hybridized carbons (Fsp3) is 0. The van der Waals surface area contributed by atoms with Gasteiger partial charge in [-0.3, -0.25) is 4.98 Å². The molecule has 0 bridgehead atoms. The molecule has 0 N–H and O–H groups in total. The van der Waals surface area contributed by atoms with E-state index in [9.17, 15) is 0 Å². The lowest BCUT2D eigenvalue weighted by Crippen LogP contribution is -1.94. The lowest BCUT2D eigenvalue weighted by atomic mass is 9.98. The molecule has 3 nitrogen and oxygen atoms in total. The van der Waals surface area contributed by atoms with Crippen molar-refractivity contribution in [1.82, 2.24) is 14.1 Å². The van der Waals surface area contributed by atoms with Crippen LogP contribution in [0.3, 0.4) is 0 Å². The minimum absolute atomic E-state index is 1.12. The minimum Gasteiger partial charge on any atom is -0.309 e. The summed E-state index contributed by atoms with van der Waals surface area (Å²) in [6.45, 7) is 0. The molecule has 0 unspecified atom stereocenters. The monoisotopic (exact) mass is 561 g/mol. The average Bonchev–Trinajstić information content (AvgIpc) is 3.62. The van der Waals surface area contributed by atoms with Crippen LogP contribution in [-0.2, 0) is 0 Å². The molecule has 206 valence electrons. The van der Waals surface area contributed by atoms with E-state index in [2.05, 4.69) is 160 Å². The summed E-state index contributed by atoms with van der Waals surface area (Å²) < 4.78 is 4.76. The lowest BCUT2D eigenvalue weighted by molar-refractivity contribution is 1.18. The van der Waals surface area contributed by atoms with Crippen molar-refractivity contribution >= 4 is 43.6 Å². The SMILES string of the molecule is c1ccc(-n2c3ccccc3c3c(-c4ccc5c(c4)c4ccccc4n5-c4ccc(-c5cccnc5)cc4)cccc32)cc1. The van der Waals surface area contributed by atoms with Crippen LogP contribution in [0, 0.1) is 0 Å². The van der Waals surface area contributed by atoms with Gasteiger partial charge in [0.1, 0.15) is 0 Å². The Labute approximate surface area is 254 Å². The van der Waals surface area contributed by atoms with E-state index in [0.29, 0.717) is 0 Å². The van der Waals surface area contributed by atoms with Gasteiger partial charge in [-0.25, -0.2) is 0 Å². The van der Waals surface area contributed by atoms with Crippen molar-refractivity contribution < 1.29 is 0 Å². The van der Waals surface area contributed by atoms with E-state index < -0.39 is 0 Å². The van der Waals surface area contributed by atoms with Gasteiger partial charge < -0.3 is 9.13 Å². The number of rotatable bonds is 4. The van der Waals surface area contributed by atoms with Gasteiger partial charge in [0.2, 0.25) is 0 Å². The highest BCUT2D eigenvalue weighted by Gasteiger charge is 2.18. The molecule has 9 rings (SSSR count). The zero-order chi connectivity index (χ0) is 29.0. The van der Waals surface area contributed by atoms with Crippen LogP contribution in [0.2, 0.25) is 0 Å². The summed E-state index contributed by atoms with van der Waals surface area (Å²) in [6.07, 6.45) is 3.72. The summed E-state index contributed by atoms with van der Waals surface area (Å²) in [7, 11) is 0. The highest BCUT2D eigenvalue weighted by atomic mass is 15.0. The van der Waals surface area contributed by atoms with Gasteiger partial charge in [0.25, 0.3) is 0 Å². The van der Waals surface area contributed by atoms with Crippen molar-refractivity contribution in [2.75, 3.05) is 0 Å². The van der Waals surface area contributed by atoms with E-state index in [-0.39, 0.29) is 0 Å². The predicted octanol–water partition coefficient (Wildman–Crippen LogP) is 10.6. The Hall–Kier alpha value is -5.93. The molecule has 0 spiro atoms. The van der Waals surface area contributed by atoms with Crippen molar-refractivity contribution in [1.29, 1.82) is 0 Å². The first-order valence-electron chi connectivity index (χ1n) is 15.0. The van der Waals surface area contributed by atoms with Gasteiger partial charge in [0.15, 0.2) is 0 Å². The third-order valence-corrected chi connectivity index (χ3v) is 8.82. The molecular weight excluding hydrogens is 534 g/mol. The molecule has 0 atom stereocenters. The van der Waals surface area contributed by atoms with E-state index in [1.807, 2.05) is 18.5 Å². The fourth-order valence-electron chi connectivity index (χ4n) is 6.87. The van der Waals surface area contributed by atoms with Crippen LogP contribution in [0.5, 0.6) is 0 Å². The summed E-state index contributed by atoms with van der Waals surface area (Å²) in [6, 6.07) is 54.6. The molecule has 3 heterocycles. The number of hydrogen-bond acceptors (Lipinski definition) is 1. The van der Waals surface area contributed by atoms with Gasteiger partial charge in [0, 0.05) is 45.3 Å². The second kappa shape index (κ2) is 9.82. The smallest absolute Gasteiger partial charge is 0.0547 e. The number of fused-ring (bicyclic) bond motifs is 6. The van der Waals surface area contributed by atoms with Crippen LogP contribution in [0.25, 0.3) is 77.2 Å². The number of nitrogens with zero attached hydrogens (tertiary/aromatic N) is 3. The third-order valence-electron chi connectivity index (χ3n) is 8.82. The average molecular weight is 562 g/mol. The zero-order valence-electron chi connectivity index (χ0n) is 23.9. The molecule has 0 amide bonds. The largest absolute Gasteiger partial charge is 0.309 e. The van der Waals surface area contributed by atoms with Gasteiger partial charge in [-0.05, 0) is 82.9 Å². The summed E-state index contributed by atoms with van der Waals surface area (Å²) in [5, 5.41) is 5.04. The van der Waals surface area contributed by atoms with Gasteiger partial charge >= 0.3 is 0 Å². The number of pyridine rings is 1. The summed E-state index contributed by atoms with van der Waals surface area (Å²) in [4.78, 5) is 4.29. The maximum absolute atomic E-state index is 4.29. The molecular formula is C41H27N3. The minimum atomic E-state index is 1.12. The zero-order valence-corrected chi connectivity index (χ0v) is 23.9. The Balaban J connectivity index is 1.26. The molecule has 0 aliphatic carbocycles. The Kier molecular flexibility index (Phi) is 5.50. The Morgan fingerprint density at radius 3 is 1.82 bits per heavy atom. The highest BCUT2D eigenvalue weighted by molar-refractivity contribution is 6.17. The standard InChI is InChI=1S/C41H27N3/c1-2-11-31(12-3-1)44-38-17-7-5-14-35(38)41-33(15-8-18-40(41)44)29-21-24-39-36(26-29)34-13-4-6-16-37(34)43(39)32-22-19-28(20-23-32)30-10-9-25-42-27-30/h1-27H. The number of para-hydroxylation sites is 3. The summed E-state index contributed by atoms with van der Waals surface area (Å²) in [5.41, 5.74) is 11.9. The first-order chi connectivity index (χ1) is 21.8. The molecule has 0 radical (unpaired) electrons. The van der Waals surface area contributed by atoms with Crippen LogP contribution >= 0.6 is 0 Å². The summed E-state index contributed by atoms with van der Waals surface area (Å²) >= 11 is 0. The molecule has 0 aliphatic rings. The van der Waals surface area contributed by atoms with Crippen molar-refractivity contribution in [3.05, 3.63) is 164 Å². The maximum atomic E-state index is 4.29. The predicted molar refractivity (Wildman–Crippen MR) is 184 cm³/mol. The molecule has 9 aromatic rings. The third kappa shape index (κ3) is 3.73. The van der Waals surface area contributed by atoms with Gasteiger partial charge in [-0.2, -0.15) is 0 Å². The molecule has 6 aromatic carbocycles. The second-order valence-corrected chi connectivity index (χ2v) is 11.3. The quantitative estimate of drug-likeness (QED) is 0.210. The number of hydrogen-bond donors (Lipinski definition) is 0. The van der Waals surface area contributed by atoms with Crippen LogP contribution in [0.15, 0.2) is 164 Å². The molecule has 0 fully saturated rings. The maximum Gasteiger partial charge on any atom is 0.0547 e. The first-order valence-corrected chi connectivity index (χ1v) is 15.0. The van der Waals surface area contributed by atoms with Crippen molar-refractivity contribution in [2.24, 2.45) is 0 Å². The first kappa shape index (κ1) is 24.6. The normalized spacial score (nSPS) is 11.6. The van der Waals surface area contributed by atoms with E-state index in [1.54, 1.807) is 0 Å². The van der Waals surface area contributed by atoms with Crippen LogP contribution in [-0.4, -0.2) is 14.1 Å². The van der Waals surface area contributed by atoms with Gasteiger partial charge in [-0.15, -0.1) is 0 Å². The van der Waals surface area contributed by atoms with Crippen molar-refractivity contribution in [3.63, 3.8) is 0 Å². The van der Waals surface area contributed by atoms with Crippen LogP contribution < -0.4 is 0 Å². The second-order valence-electron chi connectivity index (χ2n) is 11.3. The molecule has 0 saturated carbocycles. The molecule has 44 heavy (non-hydrogen) atoms. The molecule has 3 aromatic heterocycles. The fourth-order valence-corrected chi connectivity index (χ4v) is 6.87. The molecule has 0 saturated heterocycles. The van der Waals surface area contributed by atoms with E-state index >= 15 is 0 Å². The molecule has 3 heteroatoms. The molecule has 0 aliphatic heterocycles. The number of aromatic nitrogens is 3.